The fourth-order valence-electron chi connectivity index (χ4n) is 4.21. The fraction of sp³-hybridized carbons (Fsp3) is 0.0690. The van der Waals surface area contributed by atoms with Gasteiger partial charge in [-0.15, -0.1) is 0 Å². The van der Waals surface area contributed by atoms with Crippen LogP contribution in [0.4, 0.5) is 0 Å². The number of methoxy groups -OCH3 is 1. The van der Waals surface area contributed by atoms with Crippen LogP contribution in [-0.2, 0) is 0 Å². The van der Waals surface area contributed by atoms with E-state index >= 15 is 0 Å². The lowest BCUT2D eigenvalue weighted by Crippen LogP contribution is -2.21. The second kappa shape index (κ2) is 8.20. The first-order valence-electron chi connectivity index (χ1n) is 10.6. The molecule has 0 spiro atoms. The molecule has 32 heavy (non-hydrogen) atoms. The summed E-state index contributed by atoms with van der Waals surface area (Å²) in [5.74, 6) is 0.663. The average Bonchev–Trinajstić information content (AvgIpc) is 2.85. The maximum atomic E-state index is 14.0. The number of nitrogens with zero attached hydrogens (tertiary/aromatic N) is 1. The van der Waals surface area contributed by atoms with Crippen molar-refractivity contribution in [1.82, 2.24) is 4.57 Å². The van der Waals surface area contributed by atoms with Gasteiger partial charge in [0, 0.05) is 11.3 Å². The second-order valence-electron chi connectivity index (χ2n) is 7.84. The molecule has 5 rings (SSSR count). The predicted molar refractivity (Wildman–Crippen MR) is 132 cm³/mol. The number of aryl methyl sites for hydroxylation is 1. The summed E-state index contributed by atoms with van der Waals surface area (Å²) in [5, 5.41) is 1.53. The molecule has 0 aliphatic carbocycles. The first-order chi connectivity index (χ1) is 15.7. The number of pyridine rings is 1. The first-order valence-corrected chi connectivity index (χ1v) is 10.6. The number of hydrogen-bond donors (Lipinski definition) is 0. The highest BCUT2D eigenvalue weighted by Gasteiger charge is 2.21. The lowest BCUT2D eigenvalue weighted by Gasteiger charge is -2.21. The van der Waals surface area contributed by atoms with Gasteiger partial charge in [-0.1, -0.05) is 78.4 Å². The van der Waals surface area contributed by atoms with Crippen LogP contribution in [0.2, 0.25) is 0 Å². The lowest BCUT2D eigenvalue weighted by atomic mass is 9.93. The monoisotopic (exact) mass is 417 g/mol. The van der Waals surface area contributed by atoms with Gasteiger partial charge in [-0.3, -0.25) is 9.36 Å². The minimum Gasteiger partial charge on any atom is -0.497 e. The molecule has 3 nitrogen and oxygen atoms in total. The number of aromatic nitrogens is 1. The summed E-state index contributed by atoms with van der Waals surface area (Å²) < 4.78 is 7.28. The average molecular weight is 418 g/mol. The zero-order valence-corrected chi connectivity index (χ0v) is 18.1. The molecule has 1 aromatic heterocycles. The van der Waals surface area contributed by atoms with Gasteiger partial charge in [0.1, 0.15) is 5.75 Å². The molecule has 0 aliphatic rings. The zero-order valence-electron chi connectivity index (χ0n) is 18.1. The van der Waals surface area contributed by atoms with E-state index in [1.165, 1.54) is 0 Å². The second-order valence-corrected chi connectivity index (χ2v) is 7.84. The van der Waals surface area contributed by atoms with Gasteiger partial charge in [0.15, 0.2) is 0 Å². The van der Waals surface area contributed by atoms with E-state index in [2.05, 4.69) is 24.3 Å². The molecular formula is C29H23NO2. The molecule has 3 heteroatoms. The zero-order chi connectivity index (χ0) is 22.1. The van der Waals surface area contributed by atoms with Crippen LogP contribution in [0.15, 0.2) is 108 Å². The molecule has 0 N–H and O–H groups in total. The first kappa shape index (κ1) is 19.8. The van der Waals surface area contributed by atoms with E-state index in [0.717, 1.165) is 39.0 Å². The minimum absolute atomic E-state index is 0.0683. The molecule has 0 atom stereocenters. The highest BCUT2D eigenvalue weighted by atomic mass is 16.5. The van der Waals surface area contributed by atoms with Crippen molar-refractivity contribution in [2.75, 3.05) is 7.11 Å². The molecule has 0 saturated heterocycles. The summed E-state index contributed by atoms with van der Waals surface area (Å²) >= 11 is 0. The third-order valence-corrected chi connectivity index (χ3v) is 5.79. The largest absolute Gasteiger partial charge is 0.497 e. The maximum absolute atomic E-state index is 14.0. The van der Waals surface area contributed by atoms with Crippen LogP contribution < -0.4 is 10.3 Å². The van der Waals surface area contributed by atoms with Crippen LogP contribution in [0.1, 0.15) is 5.56 Å². The van der Waals surface area contributed by atoms with Crippen LogP contribution in [-0.4, -0.2) is 11.7 Å². The van der Waals surface area contributed by atoms with Gasteiger partial charge >= 0.3 is 0 Å². The Kier molecular flexibility index (Phi) is 5.08. The van der Waals surface area contributed by atoms with Crippen LogP contribution in [0.5, 0.6) is 5.75 Å². The standard InChI is InChI=1S/C29H23NO2/c1-20-13-15-23(16-14-20)30-28(22-11-7-4-8-12-22)27(21-9-5-3-6-10-21)25-18-17-24(32-2)19-26(25)29(30)31/h3-19H,1-2H3. The van der Waals surface area contributed by atoms with Crippen molar-refractivity contribution in [2.45, 2.75) is 6.92 Å². The summed E-state index contributed by atoms with van der Waals surface area (Å²) in [6.45, 7) is 2.05. The minimum atomic E-state index is -0.0683. The Hall–Kier alpha value is -4.11. The molecule has 0 fully saturated rings. The summed E-state index contributed by atoms with van der Waals surface area (Å²) in [5.41, 5.74) is 5.86. The fourth-order valence-corrected chi connectivity index (χ4v) is 4.21. The number of ether oxygens (including phenoxy) is 1. The maximum Gasteiger partial charge on any atom is 0.263 e. The smallest absolute Gasteiger partial charge is 0.263 e. The molecule has 5 aromatic rings. The SMILES string of the molecule is COc1ccc2c(-c3ccccc3)c(-c3ccccc3)n(-c3ccc(C)cc3)c(=O)c2c1. The normalized spacial score (nSPS) is 10.9. The summed E-state index contributed by atoms with van der Waals surface area (Å²) in [7, 11) is 1.62. The van der Waals surface area contributed by atoms with Gasteiger partial charge in [0.05, 0.1) is 18.2 Å². The Labute approximate surface area is 187 Å². The molecule has 0 unspecified atom stereocenters. The Morgan fingerprint density at radius 2 is 1.31 bits per heavy atom. The van der Waals surface area contributed by atoms with Gasteiger partial charge in [0.2, 0.25) is 0 Å². The van der Waals surface area contributed by atoms with Crippen molar-refractivity contribution in [3.8, 4) is 33.8 Å². The topological polar surface area (TPSA) is 31.2 Å². The van der Waals surface area contributed by atoms with Crippen molar-refractivity contribution in [2.24, 2.45) is 0 Å². The van der Waals surface area contributed by atoms with Crippen LogP contribution >= 0.6 is 0 Å². The molecule has 0 amide bonds. The number of hydrogen-bond acceptors (Lipinski definition) is 2. The number of rotatable bonds is 4. The van der Waals surface area contributed by atoms with Crippen molar-refractivity contribution in [3.05, 3.63) is 119 Å². The van der Waals surface area contributed by atoms with E-state index in [-0.39, 0.29) is 5.56 Å². The molecule has 0 aliphatic heterocycles. The lowest BCUT2D eigenvalue weighted by molar-refractivity contribution is 0.415. The molecule has 4 aromatic carbocycles. The van der Waals surface area contributed by atoms with Crippen LogP contribution in [0, 0.1) is 6.92 Å². The van der Waals surface area contributed by atoms with Crippen molar-refractivity contribution in [3.63, 3.8) is 0 Å². The molecule has 0 radical (unpaired) electrons. The van der Waals surface area contributed by atoms with E-state index in [4.69, 9.17) is 4.74 Å². The van der Waals surface area contributed by atoms with Crippen LogP contribution in [0.25, 0.3) is 38.8 Å². The number of fused-ring (bicyclic) bond motifs is 1. The third-order valence-electron chi connectivity index (χ3n) is 5.79. The third kappa shape index (κ3) is 3.38. The molecule has 0 saturated carbocycles. The van der Waals surface area contributed by atoms with E-state index in [0.29, 0.717) is 11.1 Å². The van der Waals surface area contributed by atoms with Gasteiger partial charge in [0.25, 0.3) is 5.56 Å². The summed E-state index contributed by atoms with van der Waals surface area (Å²) in [6.07, 6.45) is 0. The molecule has 0 bridgehead atoms. The highest BCUT2D eigenvalue weighted by Crippen LogP contribution is 2.38. The van der Waals surface area contributed by atoms with Gasteiger partial charge in [-0.05, 0) is 53.8 Å². The van der Waals surface area contributed by atoms with E-state index in [1.807, 2.05) is 90.4 Å². The molecular weight excluding hydrogens is 394 g/mol. The Balaban J connectivity index is 2.02. The van der Waals surface area contributed by atoms with Gasteiger partial charge in [-0.2, -0.15) is 0 Å². The Bertz CT molecular complexity index is 1450. The molecule has 1 heterocycles. The summed E-state index contributed by atoms with van der Waals surface area (Å²) in [6, 6.07) is 34.2. The molecule has 156 valence electrons. The van der Waals surface area contributed by atoms with Crippen molar-refractivity contribution >= 4 is 10.8 Å². The Morgan fingerprint density at radius 3 is 1.94 bits per heavy atom. The highest BCUT2D eigenvalue weighted by molar-refractivity contribution is 6.03. The van der Waals surface area contributed by atoms with Crippen molar-refractivity contribution in [1.29, 1.82) is 0 Å². The van der Waals surface area contributed by atoms with E-state index in [1.54, 1.807) is 7.11 Å². The predicted octanol–water partition coefficient (Wildman–Crippen LogP) is 6.64. The summed E-state index contributed by atoms with van der Waals surface area (Å²) in [4.78, 5) is 14.0. The number of benzene rings is 4. The van der Waals surface area contributed by atoms with E-state index in [9.17, 15) is 4.79 Å². The quantitative estimate of drug-likeness (QED) is 0.328. The Morgan fingerprint density at radius 1 is 0.688 bits per heavy atom. The van der Waals surface area contributed by atoms with Crippen LogP contribution in [0.3, 0.4) is 0 Å². The van der Waals surface area contributed by atoms with Crippen molar-refractivity contribution < 1.29 is 4.74 Å². The van der Waals surface area contributed by atoms with Gasteiger partial charge in [-0.25, -0.2) is 0 Å². The van der Waals surface area contributed by atoms with E-state index < -0.39 is 0 Å². The van der Waals surface area contributed by atoms with Gasteiger partial charge < -0.3 is 4.74 Å².